The van der Waals surface area contributed by atoms with Gasteiger partial charge in [0.2, 0.25) is 5.91 Å². The molecule has 0 aliphatic carbocycles. The van der Waals surface area contributed by atoms with Gasteiger partial charge in [0.1, 0.15) is 0 Å². The van der Waals surface area contributed by atoms with Gasteiger partial charge >= 0.3 is 0 Å². The second-order valence-electron chi connectivity index (χ2n) is 4.94. The Labute approximate surface area is 122 Å². The maximum Gasteiger partial charge on any atom is 0.236 e. The first-order valence-electron chi connectivity index (χ1n) is 6.45. The molecule has 0 aromatic heterocycles. The van der Waals surface area contributed by atoms with Crippen molar-refractivity contribution < 1.29 is 4.79 Å². The number of nitrogens with one attached hydrogen (secondary N) is 1. The molecule has 0 unspecified atom stereocenters. The third-order valence-electron chi connectivity index (χ3n) is 4.00. The summed E-state index contributed by atoms with van der Waals surface area (Å²) < 4.78 is 0. The lowest BCUT2D eigenvalue weighted by molar-refractivity contribution is -0.131. The van der Waals surface area contributed by atoms with Crippen LogP contribution in [0.2, 0.25) is 0 Å². The molecule has 4 nitrogen and oxygen atoms in total. The molecule has 6 heteroatoms. The highest BCUT2D eigenvalue weighted by Crippen LogP contribution is 2.26. The lowest BCUT2D eigenvalue weighted by atomic mass is 10.0. The molecular weight excluding hydrogens is 273 g/mol. The molecule has 0 bridgehead atoms. The molecule has 2 heterocycles. The molecule has 2 aliphatic heterocycles. The molecule has 2 rings (SSSR count). The molecular formula is C12H25Cl2N3O. The maximum absolute atomic E-state index is 12.1. The van der Waals surface area contributed by atoms with Crippen molar-refractivity contribution in [1.29, 1.82) is 0 Å². The number of carbonyl (C=O) groups excluding carboxylic acids is 1. The van der Waals surface area contributed by atoms with Crippen LogP contribution in [0.1, 0.15) is 13.8 Å². The minimum atomic E-state index is 0. The fourth-order valence-electron chi connectivity index (χ4n) is 2.80. The van der Waals surface area contributed by atoms with E-state index in [4.69, 9.17) is 0 Å². The minimum Gasteiger partial charge on any atom is -0.341 e. The summed E-state index contributed by atoms with van der Waals surface area (Å²) in [6, 6.07) is 0. The molecule has 0 aromatic rings. The normalized spacial score (nSPS) is 25.6. The van der Waals surface area contributed by atoms with E-state index >= 15 is 0 Å². The van der Waals surface area contributed by atoms with Crippen LogP contribution >= 0.6 is 24.8 Å². The largest absolute Gasteiger partial charge is 0.341 e. The van der Waals surface area contributed by atoms with Gasteiger partial charge in [-0.2, -0.15) is 0 Å². The van der Waals surface area contributed by atoms with E-state index in [0.717, 1.165) is 39.3 Å². The Balaban J connectivity index is 0.00000144. The summed E-state index contributed by atoms with van der Waals surface area (Å²) in [4.78, 5) is 16.3. The van der Waals surface area contributed by atoms with E-state index in [-0.39, 0.29) is 24.8 Å². The zero-order chi connectivity index (χ0) is 11.5. The highest BCUT2D eigenvalue weighted by Gasteiger charge is 2.37. The molecule has 0 radical (unpaired) electrons. The van der Waals surface area contributed by atoms with Gasteiger partial charge in [0.05, 0.1) is 6.54 Å². The van der Waals surface area contributed by atoms with Crippen molar-refractivity contribution in [3.05, 3.63) is 0 Å². The van der Waals surface area contributed by atoms with Gasteiger partial charge < -0.3 is 10.2 Å². The van der Waals surface area contributed by atoms with Crippen molar-refractivity contribution in [2.24, 2.45) is 11.8 Å². The lowest BCUT2D eigenvalue weighted by Gasteiger charge is -2.23. The van der Waals surface area contributed by atoms with E-state index in [2.05, 4.69) is 29.0 Å². The van der Waals surface area contributed by atoms with E-state index in [1.807, 2.05) is 0 Å². The first-order valence-corrected chi connectivity index (χ1v) is 6.45. The first kappa shape index (κ1) is 18.0. The van der Waals surface area contributed by atoms with Gasteiger partial charge in [0.25, 0.3) is 0 Å². The van der Waals surface area contributed by atoms with Crippen LogP contribution in [0, 0.1) is 11.8 Å². The predicted molar refractivity (Wildman–Crippen MR) is 78.7 cm³/mol. The summed E-state index contributed by atoms with van der Waals surface area (Å²) in [6.45, 7) is 10.9. The number of halogens is 2. The Morgan fingerprint density at radius 3 is 2.11 bits per heavy atom. The minimum absolute atomic E-state index is 0. The standard InChI is InChI=1S/C12H23N3O.2ClH/c1-3-14(4-2)9-12(16)15-7-10-5-13-6-11(10)8-15;;/h10-11,13H,3-9H2,1-2H3;2*1H/t10-,11+;;. The summed E-state index contributed by atoms with van der Waals surface area (Å²) in [7, 11) is 0. The average molecular weight is 298 g/mol. The van der Waals surface area contributed by atoms with Crippen LogP contribution in [-0.4, -0.2) is 61.5 Å². The molecule has 1 N–H and O–H groups in total. The fraction of sp³-hybridized carbons (Fsp3) is 0.917. The number of hydrogen-bond donors (Lipinski definition) is 1. The van der Waals surface area contributed by atoms with Gasteiger partial charge in [-0.15, -0.1) is 24.8 Å². The van der Waals surface area contributed by atoms with Crippen molar-refractivity contribution in [2.45, 2.75) is 13.8 Å². The summed E-state index contributed by atoms with van der Waals surface area (Å²) in [5.41, 5.74) is 0. The van der Waals surface area contributed by atoms with Crippen LogP contribution in [0.15, 0.2) is 0 Å². The topological polar surface area (TPSA) is 35.6 Å². The second-order valence-corrected chi connectivity index (χ2v) is 4.94. The van der Waals surface area contributed by atoms with E-state index in [9.17, 15) is 4.79 Å². The molecule has 2 saturated heterocycles. The Kier molecular flexibility index (Phi) is 8.19. The van der Waals surface area contributed by atoms with Gasteiger partial charge in [0, 0.05) is 26.2 Å². The number of nitrogens with zero attached hydrogens (tertiary/aromatic N) is 2. The van der Waals surface area contributed by atoms with Crippen LogP contribution in [0.3, 0.4) is 0 Å². The summed E-state index contributed by atoms with van der Waals surface area (Å²) in [5, 5.41) is 3.40. The summed E-state index contributed by atoms with van der Waals surface area (Å²) in [6.07, 6.45) is 0. The van der Waals surface area contributed by atoms with Gasteiger partial charge in [-0.3, -0.25) is 9.69 Å². The van der Waals surface area contributed by atoms with Crippen molar-refractivity contribution in [2.75, 3.05) is 45.8 Å². The van der Waals surface area contributed by atoms with Crippen molar-refractivity contribution >= 4 is 30.7 Å². The first-order chi connectivity index (χ1) is 7.74. The molecule has 2 aliphatic rings. The number of hydrogen-bond acceptors (Lipinski definition) is 3. The molecule has 2 atom stereocenters. The fourth-order valence-corrected chi connectivity index (χ4v) is 2.80. The van der Waals surface area contributed by atoms with E-state index in [1.54, 1.807) is 0 Å². The van der Waals surface area contributed by atoms with Gasteiger partial charge in [0.15, 0.2) is 0 Å². The Morgan fingerprint density at radius 1 is 1.17 bits per heavy atom. The second kappa shape index (κ2) is 8.20. The monoisotopic (exact) mass is 297 g/mol. The lowest BCUT2D eigenvalue weighted by Crippen LogP contribution is -2.40. The zero-order valence-electron chi connectivity index (χ0n) is 11.2. The highest BCUT2D eigenvalue weighted by molar-refractivity contribution is 5.85. The molecule has 0 saturated carbocycles. The number of fused-ring (bicyclic) bond motifs is 1. The molecule has 0 aromatic carbocycles. The summed E-state index contributed by atoms with van der Waals surface area (Å²) >= 11 is 0. The van der Waals surface area contributed by atoms with Gasteiger partial charge in [-0.05, 0) is 24.9 Å². The third-order valence-corrected chi connectivity index (χ3v) is 4.00. The molecule has 1 amide bonds. The van der Waals surface area contributed by atoms with Gasteiger partial charge in [-0.1, -0.05) is 13.8 Å². The Bertz CT molecular complexity index is 250. The quantitative estimate of drug-likeness (QED) is 0.836. The highest BCUT2D eigenvalue weighted by atomic mass is 35.5. The molecule has 2 fully saturated rings. The number of rotatable bonds is 4. The SMILES string of the molecule is CCN(CC)CC(=O)N1C[C@H]2CNC[C@H]2C1.Cl.Cl. The smallest absolute Gasteiger partial charge is 0.236 e. The zero-order valence-corrected chi connectivity index (χ0v) is 12.9. The number of carbonyl (C=O) groups is 1. The van der Waals surface area contributed by atoms with Crippen LogP contribution in [0.4, 0.5) is 0 Å². The van der Waals surface area contributed by atoms with Crippen LogP contribution in [0.5, 0.6) is 0 Å². The van der Waals surface area contributed by atoms with Crippen molar-refractivity contribution in [3.63, 3.8) is 0 Å². The van der Waals surface area contributed by atoms with E-state index in [0.29, 0.717) is 24.3 Å². The summed E-state index contributed by atoms with van der Waals surface area (Å²) in [5.74, 6) is 1.74. The Morgan fingerprint density at radius 2 is 1.67 bits per heavy atom. The molecule has 108 valence electrons. The molecule has 18 heavy (non-hydrogen) atoms. The Hall–Kier alpha value is -0.0300. The van der Waals surface area contributed by atoms with Crippen molar-refractivity contribution in [1.82, 2.24) is 15.1 Å². The van der Waals surface area contributed by atoms with E-state index < -0.39 is 0 Å². The van der Waals surface area contributed by atoms with Crippen molar-refractivity contribution in [3.8, 4) is 0 Å². The van der Waals surface area contributed by atoms with Crippen LogP contribution in [0.25, 0.3) is 0 Å². The predicted octanol–water partition coefficient (Wildman–Crippen LogP) is 0.850. The third kappa shape index (κ3) is 3.98. The number of likely N-dealkylation sites (N-methyl/N-ethyl adjacent to an activating group) is 1. The van der Waals surface area contributed by atoms with Crippen LogP contribution < -0.4 is 5.32 Å². The maximum atomic E-state index is 12.1. The average Bonchev–Trinajstić information content (AvgIpc) is 2.85. The molecule has 0 spiro atoms. The van der Waals surface area contributed by atoms with Crippen LogP contribution in [-0.2, 0) is 4.79 Å². The number of likely N-dealkylation sites (tertiary alicyclic amines) is 1. The number of amides is 1. The van der Waals surface area contributed by atoms with Gasteiger partial charge in [-0.25, -0.2) is 0 Å². The van der Waals surface area contributed by atoms with E-state index in [1.165, 1.54) is 0 Å².